The summed E-state index contributed by atoms with van der Waals surface area (Å²) in [5.41, 5.74) is 1.39. The average Bonchev–Trinajstić information content (AvgIpc) is 3.12. The van der Waals surface area contributed by atoms with Gasteiger partial charge in [0.1, 0.15) is 16.2 Å². The quantitative estimate of drug-likeness (QED) is 0.754. The Balaban J connectivity index is 1.86. The summed E-state index contributed by atoms with van der Waals surface area (Å²) in [6, 6.07) is 7.16. The van der Waals surface area contributed by atoms with E-state index in [0.29, 0.717) is 16.2 Å². The Hall–Kier alpha value is -2.67. The highest BCUT2D eigenvalue weighted by molar-refractivity contribution is 7.12. The van der Waals surface area contributed by atoms with Gasteiger partial charge >= 0.3 is 5.97 Å². The Labute approximate surface area is 124 Å². The van der Waals surface area contributed by atoms with Crippen LogP contribution < -0.4 is 5.32 Å². The summed E-state index contributed by atoms with van der Waals surface area (Å²) >= 11 is 1.21. The first-order valence-electron chi connectivity index (χ1n) is 6.10. The molecule has 0 saturated heterocycles. The van der Waals surface area contributed by atoms with Crippen LogP contribution in [0.25, 0.3) is 5.65 Å². The fourth-order valence-corrected chi connectivity index (χ4v) is 2.65. The number of aromatic nitrogens is 2. The summed E-state index contributed by atoms with van der Waals surface area (Å²) in [5, 5.41) is 4.39. The largest absolute Gasteiger partial charge is 0.465 e. The van der Waals surface area contributed by atoms with Crippen LogP contribution in [0.2, 0.25) is 0 Å². The molecule has 0 aliphatic carbocycles. The Kier molecular flexibility index (Phi) is 3.41. The number of ether oxygens (including phenoxy) is 1. The maximum atomic E-state index is 12.2. The molecule has 1 N–H and O–H groups in total. The number of rotatable bonds is 3. The van der Waals surface area contributed by atoms with Crippen molar-refractivity contribution in [2.45, 2.75) is 0 Å². The van der Waals surface area contributed by atoms with Gasteiger partial charge in [-0.25, -0.2) is 9.78 Å². The molecule has 7 heteroatoms. The third kappa shape index (κ3) is 2.50. The number of methoxy groups -OCH3 is 1. The van der Waals surface area contributed by atoms with Crippen LogP contribution in [-0.2, 0) is 4.74 Å². The minimum absolute atomic E-state index is 0.281. The SMILES string of the molecule is COC(=O)c1sccc1NC(=O)c1cn2ccccc2n1. The molecule has 6 nitrogen and oxygen atoms in total. The Morgan fingerprint density at radius 1 is 1.33 bits per heavy atom. The molecule has 0 aliphatic rings. The van der Waals surface area contributed by atoms with Crippen molar-refractivity contribution in [1.29, 1.82) is 0 Å². The second-order valence-corrected chi connectivity index (χ2v) is 5.12. The number of fused-ring (bicyclic) bond motifs is 1. The van der Waals surface area contributed by atoms with Crippen LogP contribution in [0.3, 0.4) is 0 Å². The normalized spacial score (nSPS) is 10.5. The fourth-order valence-electron chi connectivity index (χ4n) is 1.89. The van der Waals surface area contributed by atoms with Gasteiger partial charge in [0.2, 0.25) is 0 Å². The summed E-state index contributed by atoms with van der Waals surface area (Å²) in [6.45, 7) is 0. The summed E-state index contributed by atoms with van der Waals surface area (Å²) in [6.07, 6.45) is 3.44. The molecule has 0 radical (unpaired) electrons. The summed E-state index contributed by atoms with van der Waals surface area (Å²) in [7, 11) is 1.30. The summed E-state index contributed by atoms with van der Waals surface area (Å²) in [5.74, 6) is -0.849. The lowest BCUT2D eigenvalue weighted by atomic mass is 10.3. The predicted octanol–water partition coefficient (Wildman–Crippen LogP) is 2.43. The zero-order valence-electron chi connectivity index (χ0n) is 11.1. The van der Waals surface area contributed by atoms with Crippen molar-refractivity contribution < 1.29 is 14.3 Å². The molecule has 106 valence electrons. The third-order valence-electron chi connectivity index (χ3n) is 2.88. The van der Waals surface area contributed by atoms with Gasteiger partial charge in [0.15, 0.2) is 0 Å². The number of anilines is 1. The van der Waals surface area contributed by atoms with Crippen LogP contribution in [-0.4, -0.2) is 28.4 Å². The van der Waals surface area contributed by atoms with E-state index in [1.165, 1.54) is 18.4 Å². The number of amides is 1. The van der Waals surface area contributed by atoms with Gasteiger partial charge in [-0.15, -0.1) is 11.3 Å². The number of hydrogen-bond acceptors (Lipinski definition) is 5. The van der Waals surface area contributed by atoms with E-state index in [2.05, 4.69) is 15.0 Å². The molecule has 1 amide bonds. The molecule has 0 aliphatic heterocycles. The van der Waals surface area contributed by atoms with Crippen molar-refractivity contribution in [2.24, 2.45) is 0 Å². The number of esters is 1. The van der Waals surface area contributed by atoms with Crippen molar-refractivity contribution in [3.63, 3.8) is 0 Å². The molecule has 3 rings (SSSR count). The molecule has 3 heterocycles. The average molecular weight is 301 g/mol. The molecule has 3 aromatic rings. The zero-order chi connectivity index (χ0) is 14.8. The third-order valence-corrected chi connectivity index (χ3v) is 3.78. The van der Waals surface area contributed by atoms with Crippen LogP contribution >= 0.6 is 11.3 Å². The van der Waals surface area contributed by atoms with Crippen molar-refractivity contribution in [1.82, 2.24) is 9.38 Å². The van der Waals surface area contributed by atoms with Crippen LogP contribution in [0.1, 0.15) is 20.2 Å². The lowest BCUT2D eigenvalue weighted by Crippen LogP contribution is -2.14. The van der Waals surface area contributed by atoms with Gasteiger partial charge < -0.3 is 14.5 Å². The first-order chi connectivity index (χ1) is 10.2. The Morgan fingerprint density at radius 2 is 2.19 bits per heavy atom. The van der Waals surface area contributed by atoms with E-state index >= 15 is 0 Å². The van der Waals surface area contributed by atoms with Gasteiger partial charge in [0.05, 0.1) is 12.8 Å². The van der Waals surface area contributed by atoms with Crippen molar-refractivity contribution >= 4 is 34.5 Å². The van der Waals surface area contributed by atoms with Gasteiger partial charge in [-0.1, -0.05) is 6.07 Å². The van der Waals surface area contributed by atoms with E-state index in [9.17, 15) is 9.59 Å². The molecule has 0 aromatic carbocycles. The maximum absolute atomic E-state index is 12.2. The molecule has 21 heavy (non-hydrogen) atoms. The Morgan fingerprint density at radius 3 is 2.95 bits per heavy atom. The maximum Gasteiger partial charge on any atom is 0.350 e. The van der Waals surface area contributed by atoms with E-state index in [1.807, 2.05) is 18.3 Å². The molecule has 0 spiro atoms. The molecule has 0 atom stereocenters. The zero-order valence-corrected chi connectivity index (χ0v) is 11.9. The number of imidazole rings is 1. The molecule has 0 bridgehead atoms. The van der Waals surface area contributed by atoms with E-state index in [1.54, 1.807) is 28.1 Å². The van der Waals surface area contributed by atoms with E-state index < -0.39 is 5.97 Å². The van der Waals surface area contributed by atoms with Crippen LogP contribution in [0.15, 0.2) is 42.0 Å². The molecular weight excluding hydrogens is 290 g/mol. The first-order valence-corrected chi connectivity index (χ1v) is 6.98. The highest BCUT2D eigenvalue weighted by atomic mass is 32.1. The number of pyridine rings is 1. The highest BCUT2D eigenvalue weighted by Gasteiger charge is 2.17. The number of carbonyl (C=O) groups is 2. The van der Waals surface area contributed by atoms with Crippen molar-refractivity contribution in [3.05, 3.63) is 52.6 Å². The molecule has 0 unspecified atom stereocenters. The van der Waals surface area contributed by atoms with Gasteiger partial charge in [-0.3, -0.25) is 4.79 Å². The van der Waals surface area contributed by atoms with Crippen molar-refractivity contribution in [3.8, 4) is 0 Å². The standard InChI is InChI=1S/C14H11N3O3S/c1-20-14(19)12-9(5-7-21-12)16-13(18)10-8-17-6-3-2-4-11(17)15-10/h2-8H,1H3,(H,16,18). The van der Waals surface area contributed by atoms with E-state index in [0.717, 1.165) is 0 Å². The van der Waals surface area contributed by atoms with Crippen LogP contribution in [0.5, 0.6) is 0 Å². The van der Waals surface area contributed by atoms with E-state index in [-0.39, 0.29) is 11.6 Å². The Bertz CT molecular complexity index is 789. The number of carbonyl (C=O) groups excluding carboxylic acids is 2. The number of nitrogens with zero attached hydrogens (tertiary/aromatic N) is 2. The van der Waals surface area contributed by atoms with Crippen LogP contribution in [0, 0.1) is 0 Å². The minimum Gasteiger partial charge on any atom is -0.465 e. The van der Waals surface area contributed by atoms with Crippen molar-refractivity contribution in [2.75, 3.05) is 12.4 Å². The summed E-state index contributed by atoms with van der Waals surface area (Å²) in [4.78, 5) is 28.4. The van der Waals surface area contributed by atoms with Gasteiger partial charge in [0, 0.05) is 12.4 Å². The topological polar surface area (TPSA) is 72.7 Å². The smallest absolute Gasteiger partial charge is 0.350 e. The highest BCUT2D eigenvalue weighted by Crippen LogP contribution is 2.23. The van der Waals surface area contributed by atoms with Gasteiger partial charge in [0.25, 0.3) is 5.91 Å². The van der Waals surface area contributed by atoms with Crippen LogP contribution in [0.4, 0.5) is 5.69 Å². The minimum atomic E-state index is -0.477. The number of nitrogens with one attached hydrogen (secondary N) is 1. The molecule has 0 saturated carbocycles. The fraction of sp³-hybridized carbons (Fsp3) is 0.0714. The number of hydrogen-bond donors (Lipinski definition) is 1. The first kappa shape index (κ1) is 13.3. The predicted molar refractivity (Wildman–Crippen MR) is 78.8 cm³/mol. The van der Waals surface area contributed by atoms with Gasteiger partial charge in [-0.2, -0.15) is 0 Å². The molecular formula is C14H11N3O3S. The molecule has 3 aromatic heterocycles. The second kappa shape index (κ2) is 5.37. The van der Waals surface area contributed by atoms with E-state index in [4.69, 9.17) is 0 Å². The van der Waals surface area contributed by atoms with Gasteiger partial charge in [-0.05, 0) is 23.6 Å². The number of thiophene rings is 1. The summed E-state index contributed by atoms with van der Waals surface area (Å²) < 4.78 is 6.42. The molecule has 0 fully saturated rings. The monoisotopic (exact) mass is 301 g/mol. The second-order valence-electron chi connectivity index (χ2n) is 4.20. The lowest BCUT2D eigenvalue weighted by Gasteiger charge is -2.03. The lowest BCUT2D eigenvalue weighted by molar-refractivity contribution is 0.0607.